The summed E-state index contributed by atoms with van der Waals surface area (Å²) >= 11 is 1.83. The van der Waals surface area contributed by atoms with Crippen molar-refractivity contribution in [1.82, 2.24) is 24.2 Å². The van der Waals surface area contributed by atoms with E-state index in [2.05, 4.69) is 43.3 Å². The Labute approximate surface area is 169 Å². The summed E-state index contributed by atoms with van der Waals surface area (Å²) in [6.45, 7) is 4.95. The molecular weight excluding hydrogens is 407 g/mol. The van der Waals surface area contributed by atoms with Crippen molar-refractivity contribution in [3.8, 4) is 0 Å². The van der Waals surface area contributed by atoms with Crippen molar-refractivity contribution in [2.24, 2.45) is 5.92 Å². The molecule has 0 saturated carbocycles. The lowest BCUT2D eigenvalue weighted by molar-refractivity contribution is -0.192. The van der Waals surface area contributed by atoms with Gasteiger partial charge in [-0.25, -0.2) is 9.78 Å². The van der Waals surface area contributed by atoms with Crippen molar-refractivity contribution in [1.29, 1.82) is 0 Å². The molecule has 7 nitrogen and oxygen atoms in total. The molecule has 11 heteroatoms. The van der Waals surface area contributed by atoms with Crippen molar-refractivity contribution in [3.63, 3.8) is 0 Å². The third-order valence-electron chi connectivity index (χ3n) is 4.34. The van der Waals surface area contributed by atoms with Crippen molar-refractivity contribution >= 4 is 17.3 Å². The van der Waals surface area contributed by atoms with Crippen LogP contribution >= 0.6 is 11.3 Å². The van der Waals surface area contributed by atoms with Gasteiger partial charge in [-0.05, 0) is 17.5 Å². The number of nitrogens with zero attached hydrogens (tertiary/aromatic N) is 5. The van der Waals surface area contributed by atoms with Gasteiger partial charge in [-0.2, -0.15) is 18.3 Å². The number of aliphatic carboxylic acids is 1. The molecule has 4 heterocycles. The third-order valence-corrected chi connectivity index (χ3v) is 5.21. The fraction of sp³-hybridized carbons (Fsp3) is 0.389. The molecule has 0 saturated heterocycles. The van der Waals surface area contributed by atoms with Crippen LogP contribution < -0.4 is 0 Å². The maximum Gasteiger partial charge on any atom is 0.490 e. The monoisotopic (exact) mass is 427 g/mol. The summed E-state index contributed by atoms with van der Waals surface area (Å²) in [5.41, 5.74) is 0. The van der Waals surface area contributed by atoms with Gasteiger partial charge in [0.15, 0.2) is 0 Å². The summed E-state index contributed by atoms with van der Waals surface area (Å²) in [7, 11) is 0. The van der Waals surface area contributed by atoms with Crippen LogP contribution in [-0.2, 0) is 31.0 Å². The van der Waals surface area contributed by atoms with Crippen LogP contribution in [0.3, 0.4) is 0 Å². The maximum atomic E-state index is 10.6. The summed E-state index contributed by atoms with van der Waals surface area (Å²) < 4.78 is 36.1. The number of hydrogen-bond donors (Lipinski definition) is 1. The normalized spacial score (nSPS) is 17.1. The second-order valence-electron chi connectivity index (χ2n) is 6.64. The molecule has 0 aliphatic carbocycles. The third kappa shape index (κ3) is 6.16. The minimum absolute atomic E-state index is 0.537. The van der Waals surface area contributed by atoms with E-state index in [0.717, 1.165) is 32.7 Å². The Bertz CT molecular complexity index is 834. The van der Waals surface area contributed by atoms with Gasteiger partial charge >= 0.3 is 12.1 Å². The molecule has 1 aliphatic rings. The molecule has 1 aliphatic heterocycles. The minimum atomic E-state index is -5.08. The Hall–Kier alpha value is -2.66. The van der Waals surface area contributed by atoms with Crippen LogP contribution in [0.1, 0.15) is 10.7 Å². The van der Waals surface area contributed by atoms with Gasteiger partial charge in [-0.3, -0.25) is 9.58 Å². The SMILES string of the molecule is O=C(O)C(F)(F)F.c1csc(CN2Cc3nccn3CC(Cn3cccn3)C2)c1. The van der Waals surface area contributed by atoms with E-state index >= 15 is 0 Å². The van der Waals surface area contributed by atoms with E-state index in [4.69, 9.17) is 9.90 Å². The predicted octanol–water partition coefficient (Wildman–Crippen LogP) is 3.11. The number of fused-ring (bicyclic) bond motifs is 1. The average molecular weight is 427 g/mol. The van der Waals surface area contributed by atoms with Crippen LogP contribution in [-0.4, -0.2) is 48.0 Å². The molecule has 0 amide bonds. The smallest absolute Gasteiger partial charge is 0.475 e. The lowest BCUT2D eigenvalue weighted by Gasteiger charge is -2.23. The Morgan fingerprint density at radius 1 is 1.24 bits per heavy atom. The Morgan fingerprint density at radius 2 is 2.03 bits per heavy atom. The number of thiophene rings is 1. The number of carboxylic acids is 1. The highest BCUT2D eigenvalue weighted by Gasteiger charge is 2.38. The van der Waals surface area contributed by atoms with E-state index in [9.17, 15) is 13.2 Å². The van der Waals surface area contributed by atoms with Crippen molar-refractivity contribution in [3.05, 3.63) is 59.1 Å². The van der Waals surface area contributed by atoms with E-state index in [0.29, 0.717) is 5.92 Å². The first kappa shape index (κ1) is 21.1. The fourth-order valence-corrected chi connectivity index (χ4v) is 3.90. The number of carboxylic acid groups (broad SMARTS) is 1. The zero-order chi connectivity index (χ0) is 20.9. The van der Waals surface area contributed by atoms with Crippen LogP contribution in [0.4, 0.5) is 13.2 Å². The molecule has 0 radical (unpaired) electrons. The van der Waals surface area contributed by atoms with Gasteiger partial charge in [0.2, 0.25) is 0 Å². The molecule has 1 atom stereocenters. The number of alkyl halides is 3. The van der Waals surface area contributed by atoms with Gasteiger partial charge in [0.25, 0.3) is 0 Å². The zero-order valence-electron chi connectivity index (χ0n) is 15.4. The lowest BCUT2D eigenvalue weighted by Crippen LogP contribution is -2.29. The Kier molecular flexibility index (Phi) is 6.70. The van der Waals surface area contributed by atoms with Crippen LogP contribution in [0.5, 0.6) is 0 Å². The van der Waals surface area contributed by atoms with Gasteiger partial charge in [-0.15, -0.1) is 11.3 Å². The molecule has 1 N–H and O–H groups in total. The van der Waals surface area contributed by atoms with Crippen LogP contribution in [0.15, 0.2) is 48.4 Å². The number of halogens is 3. The number of hydrogen-bond acceptors (Lipinski definition) is 5. The van der Waals surface area contributed by atoms with E-state index in [1.807, 2.05) is 40.7 Å². The molecule has 3 aromatic heterocycles. The number of carbonyl (C=O) groups is 1. The standard InChI is InChI=1S/C16H19N5S.C2HF3O2/c1-3-15(22-8-1)12-19-9-14(11-21-6-2-4-18-21)10-20-7-5-17-16(20)13-19;3-2(4,5)1(6)7/h1-8,14H,9-13H2;(H,6,7). The summed E-state index contributed by atoms with van der Waals surface area (Å²) in [4.78, 5) is 17.3. The van der Waals surface area contributed by atoms with Gasteiger partial charge < -0.3 is 9.67 Å². The largest absolute Gasteiger partial charge is 0.490 e. The zero-order valence-corrected chi connectivity index (χ0v) is 16.2. The van der Waals surface area contributed by atoms with Gasteiger partial charge in [-0.1, -0.05) is 6.07 Å². The number of aromatic nitrogens is 4. The lowest BCUT2D eigenvalue weighted by atomic mass is 10.1. The molecule has 0 aromatic carbocycles. The van der Waals surface area contributed by atoms with Crippen molar-refractivity contribution < 1.29 is 23.1 Å². The average Bonchev–Trinajstić information content (AvgIpc) is 3.38. The second-order valence-corrected chi connectivity index (χ2v) is 7.67. The first-order valence-corrected chi connectivity index (χ1v) is 9.71. The summed E-state index contributed by atoms with van der Waals surface area (Å²) in [6, 6.07) is 6.33. The van der Waals surface area contributed by atoms with Gasteiger partial charge in [0, 0.05) is 61.8 Å². The second kappa shape index (κ2) is 9.23. The van der Waals surface area contributed by atoms with Crippen molar-refractivity contribution in [2.75, 3.05) is 6.54 Å². The molecule has 3 aromatic rings. The molecule has 0 fully saturated rings. The first-order chi connectivity index (χ1) is 13.8. The Balaban J connectivity index is 0.000000298. The predicted molar refractivity (Wildman–Crippen MR) is 100 cm³/mol. The molecule has 0 spiro atoms. The van der Waals surface area contributed by atoms with E-state index in [1.54, 1.807) is 0 Å². The molecule has 1 unspecified atom stereocenters. The van der Waals surface area contributed by atoms with E-state index in [-0.39, 0.29) is 0 Å². The molecule has 0 bridgehead atoms. The minimum Gasteiger partial charge on any atom is -0.475 e. The maximum absolute atomic E-state index is 10.6. The number of imidazole rings is 1. The quantitative estimate of drug-likeness (QED) is 0.693. The Morgan fingerprint density at radius 3 is 2.66 bits per heavy atom. The number of rotatable bonds is 4. The highest BCUT2D eigenvalue weighted by molar-refractivity contribution is 7.09. The van der Waals surface area contributed by atoms with Crippen LogP contribution in [0.25, 0.3) is 0 Å². The van der Waals surface area contributed by atoms with Crippen LogP contribution in [0.2, 0.25) is 0 Å². The summed E-state index contributed by atoms with van der Waals surface area (Å²) in [5, 5.41) is 13.6. The van der Waals surface area contributed by atoms with Crippen LogP contribution in [0, 0.1) is 5.92 Å². The molecule has 4 rings (SSSR count). The van der Waals surface area contributed by atoms with Gasteiger partial charge in [0.05, 0.1) is 6.54 Å². The van der Waals surface area contributed by atoms with E-state index in [1.165, 1.54) is 10.7 Å². The summed E-state index contributed by atoms with van der Waals surface area (Å²) in [5.74, 6) is -1.05. The topological polar surface area (TPSA) is 76.2 Å². The van der Waals surface area contributed by atoms with E-state index < -0.39 is 12.1 Å². The molecular formula is C18H20F3N5O2S. The van der Waals surface area contributed by atoms with Crippen molar-refractivity contribution in [2.45, 2.75) is 32.4 Å². The summed E-state index contributed by atoms with van der Waals surface area (Å²) in [6.07, 6.45) is 2.82. The fourth-order valence-electron chi connectivity index (χ4n) is 3.16. The highest BCUT2D eigenvalue weighted by atomic mass is 32.1. The first-order valence-electron chi connectivity index (χ1n) is 8.83. The van der Waals surface area contributed by atoms with Gasteiger partial charge in [0.1, 0.15) is 5.82 Å². The molecule has 29 heavy (non-hydrogen) atoms. The molecule has 156 valence electrons. The highest BCUT2D eigenvalue weighted by Crippen LogP contribution is 2.20.